The Morgan fingerprint density at radius 2 is 1.95 bits per heavy atom. The zero-order chi connectivity index (χ0) is 16.9. The highest BCUT2D eigenvalue weighted by molar-refractivity contribution is 7.89. The van der Waals surface area contributed by atoms with E-state index in [1.54, 1.807) is 19.1 Å². The lowest BCUT2D eigenvalue weighted by Crippen LogP contribution is -2.23. The SMILES string of the molecule is CCOc1ccc(NC(=O)CC(C)C)cc1S(=O)(=O)N(C)C. The molecule has 124 valence electrons. The van der Waals surface area contributed by atoms with Gasteiger partial charge in [0.2, 0.25) is 15.9 Å². The van der Waals surface area contributed by atoms with Gasteiger partial charge in [-0.1, -0.05) is 13.8 Å². The topological polar surface area (TPSA) is 75.7 Å². The summed E-state index contributed by atoms with van der Waals surface area (Å²) < 4.78 is 31.2. The normalized spacial score (nSPS) is 11.8. The average Bonchev–Trinajstić information content (AvgIpc) is 2.39. The third kappa shape index (κ3) is 4.71. The number of carbonyl (C=O) groups is 1. The first-order chi connectivity index (χ1) is 10.2. The van der Waals surface area contributed by atoms with Gasteiger partial charge in [0, 0.05) is 26.2 Å². The van der Waals surface area contributed by atoms with Gasteiger partial charge in [-0.3, -0.25) is 4.79 Å². The number of sulfonamides is 1. The highest BCUT2D eigenvalue weighted by Crippen LogP contribution is 2.29. The molecule has 0 aromatic heterocycles. The lowest BCUT2D eigenvalue weighted by atomic mass is 10.1. The minimum atomic E-state index is -3.65. The van der Waals surface area contributed by atoms with Crippen LogP contribution in [0.25, 0.3) is 0 Å². The molecule has 1 aromatic carbocycles. The van der Waals surface area contributed by atoms with Gasteiger partial charge in [-0.15, -0.1) is 0 Å². The smallest absolute Gasteiger partial charge is 0.246 e. The molecule has 0 atom stereocenters. The first-order valence-electron chi connectivity index (χ1n) is 7.17. The number of anilines is 1. The van der Waals surface area contributed by atoms with Crippen molar-refractivity contribution in [1.82, 2.24) is 4.31 Å². The molecule has 7 heteroatoms. The van der Waals surface area contributed by atoms with Crippen LogP contribution >= 0.6 is 0 Å². The van der Waals surface area contributed by atoms with Crippen LogP contribution < -0.4 is 10.1 Å². The summed E-state index contributed by atoms with van der Waals surface area (Å²) in [7, 11) is -0.747. The molecule has 0 aliphatic rings. The van der Waals surface area contributed by atoms with Crippen LogP contribution in [-0.4, -0.2) is 39.3 Å². The summed E-state index contributed by atoms with van der Waals surface area (Å²) >= 11 is 0. The summed E-state index contributed by atoms with van der Waals surface area (Å²) in [5, 5.41) is 2.72. The third-order valence-electron chi connectivity index (χ3n) is 2.88. The van der Waals surface area contributed by atoms with Crippen LogP contribution in [0.5, 0.6) is 5.75 Å². The number of nitrogens with zero attached hydrogens (tertiary/aromatic N) is 1. The van der Waals surface area contributed by atoms with Gasteiger partial charge in [0.25, 0.3) is 0 Å². The van der Waals surface area contributed by atoms with Crippen LogP contribution in [0.3, 0.4) is 0 Å². The Hall–Kier alpha value is -1.60. The molecule has 0 heterocycles. The standard InChI is InChI=1S/C15H24N2O4S/c1-6-21-13-8-7-12(16-15(18)9-11(2)3)10-14(13)22(19,20)17(4)5/h7-8,10-11H,6,9H2,1-5H3,(H,16,18). The number of carbonyl (C=O) groups excluding carboxylic acids is 1. The van der Waals surface area contributed by atoms with Crippen LogP contribution in [0, 0.1) is 5.92 Å². The molecule has 0 radical (unpaired) electrons. The van der Waals surface area contributed by atoms with Gasteiger partial charge >= 0.3 is 0 Å². The van der Waals surface area contributed by atoms with Gasteiger partial charge in [0.05, 0.1) is 6.61 Å². The molecule has 22 heavy (non-hydrogen) atoms. The molecule has 0 unspecified atom stereocenters. The second kappa shape index (κ2) is 7.60. The van der Waals surface area contributed by atoms with Crippen molar-refractivity contribution in [3.05, 3.63) is 18.2 Å². The van der Waals surface area contributed by atoms with Gasteiger partial charge in [-0.25, -0.2) is 12.7 Å². The van der Waals surface area contributed by atoms with Crippen molar-refractivity contribution in [3.63, 3.8) is 0 Å². The fourth-order valence-electron chi connectivity index (χ4n) is 1.84. The molecule has 0 saturated heterocycles. The number of hydrogen-bond donors (Lipinski definition) is 1. The summed E-state index contributed by atoms with van der Waals surface area (Å²) in [4.78, 5) is 11.9. The Kier molecular flexibility index (Phi) is 6.37. The quantitative estimate of drug-likeness (QED) is 0.833. The Morgan fingerprint density at radius 1 is 1.32 bits per heavy atom. The lowest BCUT2D eigenvalue weighted by molar-refractivity contribution is -0.116. The first-order valence-corrected chi connectivity index (χ1v) is 8.61. The number of benzene rings is 1. The van der Waals surface area contributed by atoms with E-state index in [1.165, 1.54) is 20.2 Å². The molecule has 0 spiro atoms. The fraction of sp³-hybridized carbons (Fsp3) is 0.533. The first kappa shape index (κ1) is 18.4. The van der Waals surface area contributed by atoms with Crippen LogP contribution in [-0.2, 0) is 14.8 Å². The van der Waals surface area contributed by atoms with Crippen LogP contribution in [0.1, 0.15) is 27.2 Å². The molecule has 1 amide bonds. The van der Waals surface area contributed by atoms with Gasteiger partial charge in [-0.2, -0.15) is 0 Å². The molecule has 1 rings (SSSR count). The Labute approximate surface area is 132 Å². The maximum Gasteiger partial charge on any atom is 0.246 e. The predicted octanol–water partition coefficient (Wildman–Crippen LogP) is 2.32. The van der Waals surface area contributed by atoms with Crippen molar-refractivity contribution in [2.75, 3.05) is 26.0 Å². The van der Waals surface area contributed by atoms with Gasteiger partial charge in [-0.05, 0) is 31.0 Å². The zero-order valence-electron chi connectivity index (χ0n) is 13.7. The van der Waals surface area contributed by atoms with Crippen molar-refractivity contribution in [2.45, 2.75) is 32.1 Å². The second-order valence-electron chi connectivity index (χ2n) is 5.53. The molecule has 0 bridgehead atoms. The van der Waals surface area contributed by atoms with Crippen molar-refractivity contribution >= 4 is 21.6 Å². The Morgan fingerprint density at radius 3 is 2.45 bits per heavy atom. The predicted molar refractivity (Wildman–Crippen MR) is 86.6 cm³/mol. The van der Waals surface area contributed by atoms with Crippen molar-refractivity contribution < 1.29 is 17.9 Å². The number of amides is 1. The van der Waals surface area contributed by atoms with E-state index >= 15 is 0 Å². The van der Waals surface area contributed by atoms with E-state index in [4.69, 9.17) is 4.74 Å². The largest absolute Gasteiger partial charge is 0.492 e. The fourth-order valence-corrected chi connectivity index (χ4v) is 2.89. The van der Waals surface area contributed by atoms with E-state index in [0.29, 0.717) is 18.7 Å². The molecule has 0 aliphatic heterocycles. The summed E-state index contributed by atoms with van der Waals surface area (Å²) in [5.41, 5.74) is 0.439. The minimum Gasteiger partial charge on any atom is -0.492 e. The number of nitrogens with one attached hydrogen (secondary N) is 1. The molecular formula is C15H24N2O4S. The number of rotatable bonds is 7. The molecule has 1 aromatic rings. The summed E-state index contributed by atoms with van der Waals surface area (Å²) in [6, 6.07) is 4.63. The van der Waals surface area contributed by atoms with Crippen molar-refractivity contribution in [2.24, 2.45) is 5.92 Å². The van der Waals surface area contributed by atoms with E-state index in [1.807, 2.05) is 13.8 Å². The highest BCUT2D eigenvalue weighted by Gasteiger charge is 2.23. The average molecular weight is 328 g/mol. The maximum absolute atomic E-state index is 12.4. The van der Waals surface area contributed by atoms with Crippen LogP contribution in [0.2, 0.25) is 0 Å². The van der Waals surface area contributed by atoms with E-state index in [9.17, 15) is 13.2 Å². The molecule has 0 fully saturated rings. The molecular weight excluding hydrogens is 304 g/mol. The molecule has 0 saturated carbocycles. The van der Waals surface area contributed by atoms with Crippen molar-refractivity contribution in [3.8, 4) is 5.75 Å². The van der Waals surface area contributed by atoms with Crippen LogP contribution in [0.15, 0.2) is 23.1 Å². The second-order valence-corrected chi connectivity index (χ2v) is 7.65. The van der Waals surface area contributed by atoms with Crippen molar-refractivity contribution in [1.29, 1.82) is 0 Å². The molecule has 1 N–H and O–H groups in total. The van der Waals surface area contributed by atoms with E-state index in [-0.39, 0.29) is 22.5 Å². The number of ether oxygens (including phenoxy) is 1. The summed E-state index contributed by atoms with van der Waals surface area (Å²) in [5.74, 6) is 0.359. The lowest BCUT2D eigenvalue weighted by Gasteiger charge is -2.17. The van der Waals surface area contributed by atoms with Gasteiger partial charge < -0.3 is 10.1 Å². The van der Waals surface area contributed by atoms with E-state index in [2.05, 4.69) is 5.32 Å². The summed E-state index contributed by atoms with van der Waals surface area (Å²) in [6.07, 6.45) is 0.378. The van der Waals surface area contributed by atoms with Gasteiger partial charge in [0.15, 0.2) is 0 Å². The zero-order valence-corrected chi connectivity index (χ0v) is 14.5. The highest BCUT2D eigenvalue weighted by atomic mass is 32.2. The maximum atomic E-state index is 12.4. The third-order valence-corrected chi connectivity index (χ3v) is 4.72. The van der Waals surface area contributed by atoms with E-state index < -0.39 is 10.0 Å². The van der Waals surface area contributed by atoms with Gasteiger partial charge in [0.1, 0.15) is 10.6 Å². The molecule has 6 nitrogen and oxygen atoms in total. The monoisotopic (exact) mass is 328 g/mol. The Bertz CT molecular complexity index is 624. The summed E-state index contributed by atoms with van der Waals surface area (Å²) in [6.45, 7) is 6.03. The Balaban J connectivity index is 3.17. The molecule has 0 aliphatic carbocycles. The van der Waals surface area contributed by atoms with Crippen LogP contribution in [0.4, 0.5) is 5.69 Å². The number of hydrogen-bond acceptors (Lipinski definition) is 4. The minimum absolute atomic E-state index is 0.0432. The van der Waals surface area contributed by atoms with E-state index in [0.717, 1.165) is 4.31 Å².